The van der Waals surface area contributed by atoms with Gasteiger partial charge in [-0.05, 0) is 42.9 Å². The molecule has 1 aliphatic rings. The highest BCUT2D eigenvalue weighted by Gasteiger charge is 2.45. The molecule has 0 aliphatic carbocycles. The van der Waals surface area contributed by atoms with E-state index in [-0.39, 0.29) is 37.2 Å². The lowest BCUT2D eigenvalue weighted by atomic mass is 9.85. The van der Waals surface area contributed by atoms with Crippen LogP contribution in [0, 0.1) is 12.3 Å². The third kappa shape index (κ3) is 9.35. The van der Waals surface area contributed by atoms with Crippen LogP contribution < -0.4 is 16.4 Å². The molecule has 1 aromatic heterocycles. The Labute approximate surface area is 252 Å². The third-order valence-corrected chi connectivity index (χ3v) is 8.36. The fourth-order valence-electron chi connectivity index (χ4n) is 5.10. The van der Waals surface area contributed by atoms with Gasteiger partial charge in [-0.15, -0.1) is 11.3 Å². The van der Waals surface area contributed by atoms with Gasteiger partial charge in [0.15, 0.2) is 0 Å². The van der Waals surface area contributed by atoms with Gasteiger partial charge in [-0.2, -0.15) is 0 Å². The van der Waals surface area contributed by atoms with E-state index < -0.39 is 29.6 Å². The van der Waals surface area contributed by atoms with Crippen LogP contribution in [0.3, 0.4) is 0 Å². The minimum Gasteiger partial charge on any atom is -0.461 e. The molecule has 3 rings (SSSR count). The van der Waals surface area contributed by atoms with E-state index in [0.717, 1.165) is 41.0 Å². The van der Waals surface area contributed by atoms with Gasteiger partial charge in [-0.25, -0.2) is 4.98 Å². The second kappa shape index (κ2) is 15.2. The van der Waals surface area contributed by atoms with Crippen LogP contribution in [0.1, 0.15) is 77.5 Å². The summed E-state index contributed by atoms with van der Waals surface area (Å²) < 4.78 is 5.41. The number of rotatable bonds is 13. The minimum absolute atomic E-state index is 0.0843. The second-order valence-electron chi connectivity index (χ2n) is 12.0. The number of aryl methyl sites for hydroxylation is 1. The van der Waals surface area contributed by atoms with Crippen LogP contribution >= 0.6 is 11.3 Å². The van der Waals surface area contributed by atoms with Gasteiger partial charge in [0.1, 0.15) is 18.2 Å². The van der Waals surface area contributed by atoms with Crippen LogP contribution in [-0.2, 0) is 30.5 Å². The first-order valence-electron chi connectivity index (χ1n) is 14.6. The molecule has 3 atom stereocenters. The van der Waals surface area contributed by atoms with Crippen molar-refractivity contribution in [2.45, 2.75) is 97.9 Å². The Morgan fingerprint density at radius 1 is 1.12 bits per heavy atom. The molecule has 3 amide bonds. The Hall–Kier alpha value is -3.31. The smallest absolute Gasteiger partial charge is 0.302 e. The van der Waals surface area contributed by atoms with Crippen molar-refractivity contribution in [1.82, 2.24) is 20.5 Å². The topological polar surface area (TPSA) is 144 Å². The standard InChI is InChI=1S/C31H45N5O5S/c1-20-27(42-19-34-20)23-13-11-22(12-14-23)17-33-29(39)25-16-24(41-21(2)37)18-36(25)30(40)28(31(3,4)5)35-26(38)10-8-6-7-9-15-32/h11-14,19,24-25,28H,6-10,15-18,32H2,1-5H3,(H,33,39)(H,35,38)/t24-,25+,28?/m1/s1. The van der Waals surface area contributed by atoms with Crippen molar-refractivity contribution in [3.8, 4) is 10.4 Å². The second-order valence-corrected chi connectivity index (χ2v) is 12.8. The maximum Gasteiger partial charge on any atom is 0.302 e. The summed E-state index contributed by atoms with van der Waals surface area (Å²) in [6.07, 6.45) is 3.38. The largest absolute Gasteiger partial charge is 0.461 e. The number of likely N-dealkylation sites (tertiary alicyclic amines) is 1. The van der Waals surface area contributed by atoms with Crippen LogP contribution in [0.5, 0.6) is 0 Å². The van der Waals surface area contributed by atoms with Crippen LogP contribution in [0.4, 0.5) is 0 Å². The Morgan fingerprint density at radius 3 is 2.40 bits per heavy atom. The first kappa shape index (κ1) is 33.2. The van der Waals surface area contributed by atoms with E-state index in [1.807, 2.05) is 57.5 Å². The van der Waals surface area contributed by atoms with Gasteiger partial charge in [0.25, 0.3) is 0 Å². The SMILES string of the molecule is CC(=O)O[C@@H]1C[C@@H](C(=O)NCc2ccc(-c3scnc3C)cc2)N(C(=O)C(NC(=O)CCCCCCN)C(C)(C)C)C1. The number of nitrogens with zero attached hydrogens (tertiary/aromatic N) is 2. The summed E-state index contributed by atoms with van der Waals surface area (Å²) in [4.78, 5) is 58.7. The number of hydrogen-bond donors (Lipinski definition) is 3. The molecule has 2 aromatic rings. The molecule has 42 heavy (non-hydrogen) atoms. The molecule has 0 spiro atoms. The molecule has 2 heterocycles. The number of thiazole rings is 1. The van der Waals surface area contributed by atoms with Crippen molar-refractivity contribution < 1.29 is 23.9 Å². The van der Waals surface area contributed by atoms with Crippen molar-refractivity contribution in [2.75, 3.05) is 13.1 Å². The number of carbonyl (C=O) groups excluding carboxylic acids is 4. The maximum absolute atomic E-state index is 13.9. The highest BCUT2D eigenvalue weighted by Crippen LogP contribution is 2.29. The minimum atomic E-state index is -0.844. The van der Waals surface area contributed by atoms with Gasteiger partial charge in [0, 0.05) is 26.3 Å². The molecule has 1 aliphatic heterocycles. The Morgan fingerprint density at radius 2 is 1.81 bits per heavy atom. The number of nitrogens with two attached hydrogens (primary N) is 1. The van der Waals surface area contributed by atoms with E-state index in [1.165, 1.54) is 11.8 Å². The molecule has 11 heteroatoms. The predicted octanol–water partition coefficient (Wildman–Crippen LogP) is 3.71. The van der Waals surface area contributed by atoms with E-state index in [0.29, 0.717) is 19.4 Å². The highest BCUT2D eigenvalue weighted by atomic mass is 32.1. The molecule has 1 fully saturated rings. The maximum atomic E-state index is 13.9. The van der Waals surface area contributed by atoms with E-state index in [1.54, 1.807) is 11.3 Å². The van der Waals surface area contributed by atoms with Gasteiger partial charge < -0.3 is 26.0 Å². The molecule has 0 bridgehead atoms. The van der Waals surface area contributed by atoms with Crippen LogP contribution in [0.25, 0.3) is 10.4 Å². The number of unbranched alkanes of at least 4 members (excludes halogenated alkanes) is 3. The third-order valence-electron chi connectivity index (χ3n) is 7.39. The summed E-state index contributed by atoms with van der Waals surface area (Å²) in [5.41, 5.74) is 9.70. The average Bonchev–Trinajstić information content (AvgIpc) is 3.55. The van der Waals surface area contributed by atoms with Crippen LogP contribution in [0.2, 0.25) is 0 Å². The lowest BCUT2D eigenvalue weighted by molar-refractivity contribution is -0.147. The number of carbonyl (C=O) groups is 4. The highest BCUT2D eigenvalue weighted by molar-refractivity contribution is 7.13. The number of hydrogen-bond acceptors (Lipinski definition) is 8. The van der Waals surface area contributed by atoms with Crippen molar-refractivity contribution >= 4 is 35.0 Å². The zero-order chi connectivity index (χ0) is 30.9. The van der Waals surface area contributed by atoms with Crippen molar-refractivity contribution in [2.24, 2.45) is 11.1 Å². The molecule has 4 N–H and O–H groups in total. The van der Waals surface area contributed by atoms with Crippen molar-refractivity contribution in [1.29, 1.82) is 0 Å². The molecule has 230 valence electrons. The summed E-state index contributed by atoms with van der Waals surface area (Å²) >= 11 is 1.58. The van der Waals surface area contributed by atoms with Gasteiger partial charge >= 0.3 is 5.97 Å². The quantitative estimate of drug-likeness (QED) is 0.235. The van der Waals surface area contributed by atoms with Crippen molar-refractivity contribution in [3.63, 3.8) is 0 Å². The molecule has 1 saturated heterocycles. The first-order chi connectivity index (χ1) is 19.9. The van der Waals surface area contributed by atoms with Crippen LogP contribution in [0.15, 0.2) is 29.8 Å². The lowest BCUT2D eigenvalue weighted by Crippen LogP contribution is -2.57. The molecule has 0 saturated carbocycles. The number of ether oxygens (including phenoxy) is 1. The molecule has 1 unspecified atom stereocenters. The first-order valence-corrected chi connectivity index (χ1v) is 15.5. The van der Waals surface area contributed by atoms with E-state index >= 15 is 0 Å². The molecule has 10 nitrogen and oxygen atoms in total. The fourth-order valence-corrected chi connectivity index (χ4v) is 5.91. The average molecular weight is 600 g/mol. The monoisotopic (exact) mass is 599 g/mol. The summed E-state index contributed by atoms with van der Waals surface area (Å²) in [6.45, 7) is 9.91. The van der Waals surface area contributed by atoms with Crippen LogP contribution in [-0.4, -0.2) is 64.9 Å². The number of aromatic nitrogens is 1. The zero-order valence-corrected chi connectivity index (χ0v) is 26.2. The number of esters is 1. The summed E-state index contributed by atoms with van der Waals surface area (Å²) in [5.74, 6) is -1.37. The molecule has 1 aromatic carbocycles. The van der Waals surface area contributed by atoms with E-state index in [4.69, 9.17) is 10.5 Å². The summed E-state index contributed by atoms with van der Waals surface area (Å²) in [7, 11) is 0. The lowest BCUT2D eigenvalue weighted by Gasteiger charge is -2.35. The van der Waals surface area contributed by atoms with Gasteiger partial charge in [-0.3, -0.25) is 19.2 Å². The summed E-state index contributed by atoms with van der Waals surface area (Å²) in [5, 5.41) is 5.87. The zero-order valence-electron chi connectivity index (χ0n) is 25.4. The Bertz CT molecular complexity index is 1220. The Kier molecular flexibility index (Phi) is 12.0. The van der Waals surface area contributed by atoms with Crippen molar-refractivity contribution in [3.05, 3.63) is 41.0 Å². The van der Waals surface area contributed by atoms with Gasteiger partial charge in [0.2, 0.25) is 17.7 Å². The van der Waals surface area contributed by atoms with E-state index in [2.05, 4.69) is 15.6 Å². The number of amides is 3. The molecular formula is C31H45N5O5S. The van der Waals surface area contributed by atoms with E-state index in [9.17, 15) is 19.2 Å². The predicted molar refractivity (Wildman–Crippen MR) is 163 cm³/mol. The number of nitrogens with one attached hydrogen (secondary N) is 2. The van der Waals surface area contributed by atoms with Gasteiger partial charge in [0.05, 0.1) is 22.6 Å². The Balaban J connectivity index is 1.69. The number of benzene rings is 1. The van der Waals surface area contributed by atoms with Gasteiger partial charge in [-0.1, -0.05) is 57.9 Å². The summed E-state index contributed by atoms with van der Waals surface area (Å²) in [6, 6.07) is 6.23. The fraction of sp³-hybridized carbons (Fsp3) is 0.581. The molecule has 0 radical (unpaired) electrons. The normalized spacial score (nSPS) is 17.5. The molecular weight excluding hydrogens is 554 g/mol.